The molecular weight excluding hydrogens is 473 g/mol. The fourth-order valence-electron chi connectivity index (χ4n) is 3.77. The minimum atomic E-state index is -4.85. The first kappa shape index (κ1) is 24.0. The molecule has 0 aliphatic carbocycles. The van der Waals surface area contributed by atoms with Crippen LogP contribution in [-0.2, 0) is 12.4 Å². The van der Waals surface area contributed by atoms with Gasteiger partial charge < -0.3 is 0 Å². The minimum Gasteiger partial charge on any atom is -0.299 e. The summed E-state index contributed by atoms with van der Waals surface area (Å²) in [4.78, 5) is 4.39. The lowest BCUT2D eigenvalue weighted by atomic mass is 10.1. The van der Waals surface area contributed by atoms with Gasteiger partial charge in [0.1, 0.15) is 5.57 Å². The van der Waals surface area contributed by atoms with E-state index in [-0.39, 0.29) is 5.57 Å². The van der Waals surface area contributed by atoms with Crippen LogP contribution >= 0.6 is 7.92 Å². The Morgan fingerprint density at radius 1 is 0.735 bits per heavy atom. The fourth-order valence-corrected chi connectivity index (χ4v) is 6.36. The quantitative estimate of drug-likeness (QED) is 0.242. The molecule has 9 heteroatoms. The standard InChI is InChI=1S/C25H19F6N2P/c1-16-7-3-5-9-21(16)34(22-10-6-4-8-17(22)2)23-32-13-14-33(23)20-15-18(24(26,27)28)11-12-19(20)25(29,30)31/h3-15H,1-2H3. The van der Waals surface area contributed by atoms with E-state index in [9.17, 15) is 26.3 Å². The van der Waals surface area contributed by atoms with Crippen LogP contribution in [0.1, 0.15) is 22.3 Å². The average molecular weight is 492 g/mol. The number of rotatable bonds is 4. The monoisotopic (exact) mass is 492 g/mol. The summed E-state index contributed by atoms with van der Waals surface area (Å²) in [6, 6.07) is 16.4. The fraction of sp³-hybridized carbons (Fsp3) is 0.160. The van der Waals surface area contributed by atoms with Crippen LogP contribution < -0.4 is 16.2 Å². The Kier molecular flexibility index (Phi) is 6.30. The van der Waals surface area contributed by atoms with Crippen LogP contribution in [0.4, 0.5) is 26.3 Å². The lowest BCUT2D eigenvalue weighted by molar-refractivity contribution is -0.141. The Balaban J connectivity index is 2.02. The van der Waals surface area contributed by atoms with Gasteiger partial charge in [0.2, 0.25) is 0 Å². The van der Waals surface area contributed by atoms with Crippen LogP contribution in [0.25, 0.3) is 5.69 Å². The van der Waals surface area contributed by atoms with E-state index in [1.165, 1.54) is 12.4 Å². The summed E-state index contributed by atoms with van der Waals surface area (Å²) >= 11 is 0. The zero-order valence-corrected chi connectivity index (χ0v) is 19.0. The van der Waals surface area contributed by atoms with E-state index in [2.05, 4.69) is 4.98 Å². The second-order valence-electron chi connectivity index (χ2n) is 7.73. The molecule has 176 valence electrons. The normalized spacial score (nSPS) is 12.4. The summed E-state index contributed by atoms with van der Waals surface area (Å²) in [7, 11) is -1.48. The van der Waals surface area contributed by atoms with E-state index in [1.54, 1.807) is 0 Å². The molecule has 0 aliphatic rings. The summed E-state index contributed by atoms with van der Waals surface area (Å²) < 4.78 is 83.0. The maximum absolute atomic E-state index is 13.9. The van der Waals surface area contributed by atoms with Gasteiger partial charge in [0.15, 0.2) is 0 Å². The Hall–Kier alpha value is -3.12. The third kappa shape index (κ3) is 4.60. The van der Waals surface area contributed by atoms with E-state index in [1.807, 2.05) is 62.4 Å². The van der Waals surface area contributed by atoms with Crippen molar-refractivity contribution in [2.24, 2.45) is 0 Å². The second-order valence-corrected chi connectivity index (χ2v) is 9.77. The Morgan fingerprint density at radius 3 is 1.79 bits per heavy atom. The number of hydrogen-bond acceptors (Lipinski definition) is 1. The average Bonchev–Trinajstić information content (AvgIpc) is 3.24. The van der Waals surface area contributed by atoms with Crippen molar-refractivity contribution in [2.45, 2.75) is 26.2 Å². The molecule has 0 atom stereocenters. The molecule has 0 N–H and O–H groups in total. The largest absolute Gasteiger partial charge is 0.418 e. The van der Waals surface area contributed by atoms with Crippen molar-refractivity contribution in [1.82, 2.24) is 9.55 Å². The Bertz CT molecular complexity index is 1280. The summed E-state index contributed by atoms with van der Waals surface area (Å²) in [5, 5.41) is 1.72. The van der Waals surface area contributed by atoms with Crippen molar-refractivity contribution >= 4 is 24.1 Å². The maximum Gasteiger partial charge on any atom is 0.418 e. The molecular formula is C25H19F6N2P. The van der Waals surface area contributed by atoms with Gasteiger partial charge in [-0.2, -0.15) is 26.3 Å². The number of hydrogen-bond donors (Lipinski definition) is 0. The van der Waals surface area contributed by atoms with Gasteiger partial charge in [0.25, 0.3) is 0 Å². The number of halogens is 6. The topological polar surface area (TPSA) is 17.8 Å². The lowest BCUT2D eigenvalue weighted by Gasteiger charge is -2.24. The van der Waals surface area contributed by atoms with Crippen molar-refractivity contribution in [1.29, 1.82) is 0 Å². The summed E-state index contributed by atoms with van der Waals surface area (Å²) in [5.41, 5.74) is -0.860. The van der Waals surface area contributed by atoms with Crippen molar-refractivity contribution in [3.8, 4) is 5.69 Å². The minimum absolute atomic E-state index is 0.253. The molecule has 0 spiro atoms. The lowest BCUT2D eigenvalue weighted by Crippen LogP contribution is -2.30. The third-order valence-electron chi connectivity index (χ3n) is 5.42. The van der Waals surface area contributed by atoms with Gasteiger partial charge >= 0.3 is 12.4 Å². The number of benzene rings is 3. The van der Waals surface area contributed by atoms with Crippen LogP contribution in [0.3, 0.4) is 0 Å². The van der Waals surface area contributed by atoms with Crippen molar-refractivity contribution < 1.29 is 26.3 Å². The molecule has 34 heavy (non-hydrogen) atoms. The molecule has 0 unspecified atom stereocenters. The smallest absolute Gasteiger partial charge is 0.299 e. The Labute approximate surface area is 193 Å². The van der Waals surface area contributed by atoms with E-state index < -0.39 is 37.1 Å². The second kappa shape index (κ2) is 8.91. The Morgan fingerprint density at radius 2 is 1.29 bits per heavy atom. The van der Waals surface area contributed by atoms with E-state index in [4.69, 9.17) is 0 Å². The van der Waals surface area contributed by atoms with Gasteiger partial charge in [-0.1, -0.05) is 48.5 Å². The van der Waals surface area contributed by atoms with E-state index in [0.717, 1.165) is 26.3 Å². The molecule has 0 saturated carbocycles. The molecule has 0 fully saturated rings. The molecule has 0 bridgehead atoms. The summed E-state index contributed by atoms with van der Waals surface area (Å²) in [5.74, 6) is 0. The highest BCUT2D eigenvalue weighted by molar-refractivity contribution is 7.79. The third-order valence-corrected chi connectivity index (χ3v) is 8.12. The molecule has 0 amide bonds. The van der Waals surface area contributed by atoms with Crippen LogP contribution in [0.15, 0.2) is 79.1 Å². The number of nitrogens with zero attached hydrogens (tertiary/aromatic N) is 2. The molecule has 0 aliphatic heterocycles. The van der Waals surface area contributed by atoms with Gasteiger partial charge in [-0.15, -0.1) is 0 Å². The first-order valence-electron chi connectivity index (χ1n) is 10.2. The van der Waals surface area contributed by atoms with Crippen LogP contribution in [0.5, 0.6) is 0 Å². The zero-order chi connectivity index (χ0) is 24.7. The predicted octanol–water partition coefficient (Wildman–Crippen LogP) is 6.28. The molecule has 1 aromatic heterocycles. The number of alkyl halides is 6. The highest BCUT2D eigenvalue weighted by Gasteiger charge is 2.38. The van der Waals surface area contributed by atoms with Gasteiger partial charge in [-0.3, -0.25) is 4.57 Å². The van der Waals surface area contributed by atoms with Crippen LogP contribution in [-0.4, -0.2) is 9.55 Å². The molecule has 4 rings (SSSR count). The molecule has 3 aromatic carbocycles. The van der Waals surface area contributed by atoms with Crippen molar-refractivity contribution in [3.05, 3.63) is 101 Å². The number of imidazole rings is 1. The predicted molar refractivity (Wildman–Crippen MR) is 122 cm³/mol. The molecule has 4 aromatic rings. The first-order valence-corrected chi connectivity index (χ1v) is 11.6. The van der Waals surface area contributed by atoms with Gasteiger partial charge in [0, 0.05) is 20.3 Å². The van der Waals surface area contributed by atoms with E-state index >= 15 is 0 Å². The van der Waals surface area contributed by atoms with Gasteiger partial charge in [-0.25, -0.2) is 4.98 Å². The zero-order valence-electron chi connectivity index (χ0n) is 18.1. The van der Waals surface area contributed by atoms with Crippen LogP contribution in [0.2, 0.25) is 0 Å². The molecule has 0 radical (unpaired) electrons. The summed E-state index contributed by atoms with van der Waals surface area (Å²) in [6.45, 7) is 3.78. The SMILES string of the molecule is Cc1ccccc1P(c1ccccc1C)c1nccn1-c1cc(C(F)(F)F)ccc1C(F)(F)F. The molecule has 0 saturated heterocycles. The number of aromatic nitrogens is 2. The number of aryl methyl sites for hydroxylation is 2. The van der Waals surface area contributed by atoms with E-state index in [0.29, 0.717) is 18.2 Å². The maximum atomic E-state index is 13.9. The van der Waals surface area contributed by atoms with Crippen molar-refractivity contribution in [2.75, 3.05) is 0 Å². The van der Waals surface area contributed by atoms with Crippen LogP contribution in [0, 0.1) is 13.8 Å². The van der Waals surface area contributed by atoms with Gasteiger partial charge in [-0.05, 0) is 53.8 Å². The van der Waals surface area contributed by atoms with Crippen molar-refractivity contribution in [3.63, 3.8) is 0 Å². The van der Waals surface area contributed by atoms with Gasteiger partial charge in [0.05, 0.1) is 16.8 Å². The molecule has 2 nitrogen and oxygen atoms in total. The first-order chi connectivity index (χ1) is 16.0. The summed E-state index contributed by atoms with van der Waals surface area (Å²) in [6.07, 6.45) is -7.04. The molecule has 1 heterocycles. The highest BCUT2D eigenvalue weighted by Crippen LogP contribution is 2.40. The highest BCUT2D eigenvalue weighted by atomic mass is 31.1.